The Morgan fingerprint density at radius 1 is 1.30 bits per heavy atom. The van der Waals surface area contributed by atoms with Gasteiger partial charge in [-0.2, -0.15) is 0 Å². The van der Waals surface area contributed by atoms with Crippen LogP contribution in [0.1, 0.15) is 74.5 Å². The van der Waals surface area contributed by atoms with E-state index < -0.39 is 23.9 Å². The number of unbranched alkanes of at least 4 members (excludes halogenated alkanes) is 1. The number of halogens is 2. The molecule has 2 N–H and O–H groups in total. The molecular formula is C28H38F2N4O3. The standard InChI is InChI=1S/C28H38F2N4O3/c1-19(2)37-18-24-23(9-6-14-31-24)25(27(35)36)34-16-12-21(17-34)28(29,30)13-4-3-8-22-11-10-20-7-5-15-32-26(20)33-22/h6,9-11,14,19,21,25H,3-5,7-8,12-13,15-18H2,1-2H3,(H,32,33)(H,35,36)/t21-,25-/m1/s1. The molecule has 4 rings (SSSR count). The molecular weight excluding hydrogens is 478 g/mol. The molecule has 2 aromatic heterocycles. The zero-order valence-electron chi connectivity index (χ0n) is 21.8. The van der Waals surface area contributed by atoms with Gasteiger partial charge in [0.15, 0.2) is 0 Å². The number of carboxylic acid groups (broad SMARTS) is 1. The van der Waals surface area contributed by atoms with Crippen molar-refractivity contribution in [1.29, 1.82) is 0 Å². The van der Waals surface area contributed by atoms with Crippen LogP contribution in [-0.2, 0) is 29.0 Å². The second kappa shape index (κ2) is 12.3. The van der Waals surface area contributed by atoms with E-state index in [9.17, 15) is 9.90 Å². The topological polar surface area (TPSA) is 87.6 Å². The van der Waals surface area contributed by atoms with Crippen LogP contribution in [0, 0.1) is 5.92 Å². The number of nitrogens with one attached hydrogen (secondary N) is 1. The molecule has 1 saturated heterocycles. The maximum atomic E-state index is 15.2. The first-order chi connectivity index (χ1) is 17.7. The number of ether oxygens (including phenoxy) is 1. The van der Waals surface area contributed by atoms with Crippen molar-refractivity contribution >= 4 is 11.8 Å². The molecule has 0 aliphatic carbocycles. The van der Waals surface area contributed by atoms with Gasteiger partial charge in [-0.05, 0) is 76.6 Å². The lowest BCUT2D eigenvalue weighted by molar-refractivity contribution is -0.143. The van der Waals surface area contributed by atoms with Gasteiger partial charge in [-0.3, -0.25) is 14.7 Å². The van der Waals surface area contributed by atoms with Crippen molar-refractivity contribution in [2.45, 2.75) is 83.5 Å². The van der Waals surface area contributed by atoms with Crippen LogP contribution < -0.4 is 5.32 Å². The predicted octanol–water partition coefficient (Wildman–Crippen LogP) is 5.26. The molecule has 0 spiro atoms. The van der Waals surface area contributed by atoms with Crippen LogP contribution in [0.25, 0.3) is 0 Å². The number of likely N-dealkylation sites (tertiary alicyclic amines) is 1. The maximum Gasteiger partial charge on any atom is 0.325 e. The van der Waals surface area contributed by atoms with Gasteiger partial charge in [0.25, 0.3) is 5.92 Å². The monoisotopic (exact) mass is 516 g/mol. The number of aryl methyl sites for hydroxylation is 2. The largest absolute Gasteiger partial charge is 0.480 e. The Morgan fingerprint density at radius 2 is 2.14 bits per heavy atom. The van der Waals surface area contributed by atoms with Gasteiger partial charge in [-0.1, -0.05) is 12.1 Å². The van der Waals surface area contributed by atoms with Gasteiger partial charge in [0.2, 0.25) is 0 Å². The fraction of sp³-hybridized carbons (Fsp3) is 0.607. The number of pyridine rings is 2. The average Bonchev–Trinajstić information content (AvgIpc) is 3.36. The molecule has 0 unspecified atom stereocenters. The lowest BCUT2D eigenvalue weighted by Crippen LogP contribution is -2.36. The van der Waals surface area contributed by atoms with Crippen LogP contribution in [0.2, 0.25) is 0 Å². The molecule has 4 heterocycles. The summed E-state index contributed by atoms with van der Waals surface area (Å²) in [4.78, 5) is 22.9. The first kappa shape index (κ1) is 27.4. The molecule has 7 nitrogen and oxygen atoms in total. The lowest BCUT2D eigenvalue weighted by atomic mass is 9.95. The normalized spacial score (nSPS) is 19.0. The third kappa shape index (κ3) is 7.02. The smallest absolute Gasteiger partial charge is 0.325 e. The Hall–Kier alpha value is -2.65. The molecule has 202 valence electrons. The van der Waals surface area contributed by atoms with Gasteiger partial charge < -0.3 is 15.2 Å². The van der Waals surface area contributed by atoms with E-state index in [1.165, 1.54) is 5.56 Å². The highest BCUT2D eigenvalue weighted by molar-refractivity contribution is 5.76. The second-order valence-electron chi connectivity index (χ2n) is 10.4. The number of carboxylic acids is 1. The minimum absolute atomic E-state index is 0.0346. The van der Waals surface area contributed by atoms with Crippen LogP contribution in [0.4, 0.5) is 14.6 Å². The fourth-order valence-electron chi connectivity index (χ4n) is 5.30. The van der Waals surface area contributed by atoms with Gasteiger partial charge in [-0.15, -0.1) is 0 Å². The minimum atomic E-state index is -2.85. The van der Waals surface area contributed by atoms with Crippen molar-refractivity contribution in [2.24, 2.45) is 5.92 Å². The van der Waals surface area contributed by atoms with E-state index in [-0.39, 0.29) is 32.1 Å². The molecule has 2 aromatic rings. The number of nitrogens with zero attached hydrogens (tertiary/aromatic N) is 3. The molecule has 0 radical (unpaired) electrons. The summed E-state index contributed by atoms with van der Waals surface area (Å²) >= 11 is 0. The van der Waals surface area contributed by atoms with Crippen LogP contribution in [0.15, 0.2) is 30.5 Å². The number of carbonyl (C=O) groups is 1. The molecule has 2 aliphatic heterocycles. The summed E-state index contributed by atoms with van der Waals surface area (Å²) in [6, 6.07) is 6.46. The first-order valence-corrected chi connectivity index (χ1v) is 13.4. The molecule has 1 fully saturated rings. The predicted molar refractivity (Wildman–Crippen MR) is 138 cm³/mol. The summed E-state index contributed by atoms with van der Waals surface area (Å²) in [7, 11) is 0. The Kier molecular flexibility index (Phi) is 9.08. The number of hydrogen-bond acceptors (Lipinski definition) is 6. The molecule has 9 heteroatoms. The minimum Gasteiger partial charge on any atom is -0.480 e. The highest BCUT2D eigenvalue weighted by Gasteiger charge is 2.45. The van der Waals surface area contributed by atoms with Gasteiger partial charge in [-0.25, -0.2) is 13.8 Å². The van der Waals surface area contributed by atoms with Gasteiger partial charge in [0.05, 0.1) is 18.4 Å². The number of aliphatic carboxylic acids is 1. The van der Waals surface area contributed by atoms with E-state index in [0.29, 0.717) is 37.1 Å². The van der Waals surface area contributed by atoms with Crippen molar-refractivity contribution in [3.8, 4) is 0 Å². The van der Waals surface area contributed by atoms with E-state index in [1.54, 1.807) is 23.2 Å². The number of rotatable bonds is 12. The zero-order valence-corrected chi connectivity index (χ0v) is 21.8. The summed E-state index contributed by atoms with van der Waals surface area (Å²) in [6.45, 7) is 5.24. The Balaban J connectivity index is 1.32. The van der Waals surface area contributed by atoms with E-state index >= 15 is 8.78 Å². The average molecular weight is 517 g/mol. The first-order valence-electron chi connectivity index (χ1n) is 13.4. The fourth-order valence-corrected chi connectivity index (χ4v) is 5.30. The SMILES string of the molecule is CC(C)OCc1ncccc1[C@H](C(=O)O)N1CC[C@@H](C(F)(F)CCCCc2ccc3c(n2)NCCC3)C1. The number of aromatic nitrogens is 2. The van der Waals surface area contributed by atoms with Crippen molar-refractivity contribution < 1.29 is 23.4 Å². The third-order valence-corrected chi connectivity index (χ3v) is 7.33. The van der Waals surface area contributed by atoms with Crippen molar-refractivity contribution in [1.82, 2.24) is 14.9 Å². The molecule has 2 aliphatic rings. The second-order valence-corrected chi connectivity index (χ2v) is 10.4. The van der Waals surface area contributed by atoms with Crippen molar-refractivity contribution in [3.63, 3.8) is 0 Å². The molecule has 0 aromatic carbocycles. The Labute approximate surface area is 217 Å². The maximum absolute atomic E-state index is 15.2. The van der Waals surface area contributed by atoms with Crippen LogP contribution in [-0.4, -0.2) is 57.6 Å². The van der Waals surface area contributed by atoms with Crippen molar-refractivity contribution in [2.75, 3.05) is 25.0 Å². The van der Waals surface area contributed by atoms with Gasteiger partial charge >= 0.3 is 5.97 Å². The number of fused-ring (bicyclic) bond motifs is 1. The lowest BCUT2D eigenvalue weighted by Gasteiger charge is -2.28. The molecule has 2 atom stereocenters. The van der Waals surface area contributed by atoms with E-state index in [2.05, 4.69) is 21.4 Å². The van der Waals surface area contributed by atoms with E-state index in [1.807, 2.05) is 19.9 Å². The summed E-state index contributed by atoms with van der Waals surface area (Å²) in [5.74, 6) is -3.84. The highest BCUT2D eigenvalue weighted by Crippen LogP contribution is 2.39. The number of anilines is 1. The van der Waals surface area contributed by atoms with Crippen molar-refractivity contribution in [3.05, 3.63) is 53.0 Å². The molecule has 37 heavy (non-hydrogen) atoms. The molecule has 0 saturated carbocycles. The summed E-state index contributed by atoms with van der Waals surface area (Å²) < 4.78 is 36.0. The number of alkyl halides is 2. The highest BCUT2D eigenvalue weighted by atomic mass is 19.3. The third-order valence-electron chi connectivity index (χ3n) is 7.33. The van der Waals surface area contributed by atoms with E-state index in [0.717, 1.165) is 30.9 Å². The van der Waals surface area contributed by atoms with Crippen LogP contribution >= 0.6 is 0 Å². The van der Waals surface area contributed by atoms with E-state index in [4.69, 9.17) is 4.74 Å². The van der Waals surface area contributed by atoms with Gasteiger partial charge in [0, 0.05) is 42.9 Å². The van der Waals surface area contributed by atoms with Gasteiger partial charge in [0.1, 0.15) is 11.9 Å². The van der Waals surface area contributed by atoms with Crippen LogP contribution in [0.3, 0.4) is 0 Å². The zero-order chi connectivity index (χ0) is 26.4. The van der Waals surface area contributed by atoms with Crippen LogP contribution in [0.5, 0.6) is 0 Å². The summed E-state index contributed by atoms with van der Waals surface area (Å²) in [6.07, 6.45) is 5.47. The quantitative estimate of drug-likeness (QED) is 0.372. The summed E-state index contributed by atoms with van der Waals surface area (Å²) in [5, 5.41) is 13.3. The molecule has 0 bridgehead atoms. The molecule has 0 amide bonds. The Bertz CT molecular complexity index is 1070. The number of hydrogen-bond donors (Lipinski definition) is 2. The summed E-state index contributed by atoms with van der Waals surface area (Å²) in [5.41, 5.74) is 3.19. The Morgan fingerprint density at radius 3 is 2.92 bits per heavy atom.